The maximum Gasteiger partial charge on any atom is 0.255 e. The van der Waals surface area contributed by atoms with Gasteiger partial charge in [-0.05, 0) is 66.9 Å². The smallest absolute Gasteiger partial charge is 0.255 e. The van der Waals surface area contributed by atoms with Crippen LogP contribution in [0.1, 0.15) is 52.7 Å². The monoisotopic (exact) mass is 501 g/mol. The Morgan fingerprint density at radius 2 is 1.94 bits per heavy atom. The number of thiophene rings is 1. The summed E-state index contributed by atoms with van der Waals surface area (Å²) in [7, 11) is 0. The molecule has 4 aliphatic heterocycles. The first-order valence-corrected chi connectivity index (χ1v) is 13.5. The average Bonchev–Trinajstić information content (AvgIpc) is 3.58. The Morgan fingerprint density at radius 3 is 2.78 bits per heavy atom. The molecule has 8 heteroatoms. The summed E-state index contributed by atoms with van der Waals surface area (Å²) in [5, 5.41) is 5.90. The number of carbonyl (C=O) groups excluding carboxylic acids is 3. The molecule has 4 aliphatic rings. The molecule has 36 heavy (non-hydrogen) atoms. The molecule has 7 rings (SSSR count). The van der Waals surface area contributed by atoms with Gasteiger partial charge < -0.3 is 9.64 Å². The van der Waals surface area contributed by atoms with E-state index in [4.69, 9.17) is 4.74 Å². The van der Waals surface area contributed by atoms with Gasteiger partial charge in [-0.15, -0.1) is 11.3 Å². The third kappa shape index (κ3) is 3.31. The fraction of sp³-hybridized carbons (Fsp3) is 0.393. The van der Waals surface area contributed by atoms with Crippen LogP contribution in [0.25, 0.3) is 10.1 Å². The number of carbonyl (C=O) groups is 3. The number of imide groups is 1. The fourth-order valence-electron chi connectivity index (χ4n) is 6.47. The van der Waals surface area contributed by atoms with Gasteiger partial charge in [-0.2, -0.15) is 0 Å². The van der Waals surface area contributed by atoms with Crippen molar-refractivity contribution >= 4 is 39.1 Å². The molecular weight excluding hydrogens is 474 g/mol. The second kappa shape index (κ2) is 8.15. The number of benzene rings is 2. The van der Waals surface area contributed by atoms with E-state index in [2.05, 4.69) is 45.9 Å². The van der Waals surface area contributed by atoms with Crippen LogP contribution in [0.5, 0.6) is 5.75 Å². The third-order valence-corrected chi connectivity index (χ3v) is 9.41. The lowest BCUT2D eigenvalue weighted by molar-refractivity contribution is -0.136. The molecule has 2 fully saturated rings. The van der Waals surface area contributed by atoms with Crippen LogP contribution in [0.15, 0.2) is 41.8 Å². The zero-order valence-corrected chi connectivity index (χ0v) is 20.7. The van der Waals surface area contributed by atoms with Gasteiger partial charge in [0, 0.05) is 39.8 Å². The number of fused-ring (bicyclic) bond motifs is 5. The molecule has 3 aromatic rings. The summed E-state index contributed by atoms with van der Waals surface area (Å²) in [5.74, 6) is 0.0355. The van der Waals surface area contributed by atoms with Crippen molar-refractivity contribution in [3.05, 3.63) is 64.0 Å². The summed E-state index contributed by atoms with van der Waals surface area (Å²) in [4.78, 5) is 41.3. The second-order valence-electron chi connectivity index (χ2n) is 10.5. The van der Waals surface area contributed by atoms with Crippen LogP contribution in [0, 0.1) is 0 Å². The molecule has 0 saturated carbocycles. The number of hydrogen-bond acceptors (Lipinski definition) is 6. The highest BCUT2D eigenvalue weighted by molar-refractivity contribution is 7.17. The van der Waals surface area contributed by atoms with Crippen molar-refractivity contribution in [1.82, 2.24) is 15.1 Å². The highest BCUT2D eigenvalue weighted by atomic mass is 32.1. The van der Waals surface area contributed by atoms with Crippen LogP contribution in [-0.4, -0.2) is 53.3 Å². The van der Waals surface area contributed by atoms with Crippen molar-refractivity contribution in [1.29, 1.82) is 0 Å². The van der Waals surface area contributed by atoms with E-state index in [1.54, 1.807) is 16.2 Å². The predicted molar refractivity (Wildman–Crippen MR) is 136 cm³/mol. The lowest BCUT2D eigenvalue weighted by atomic mass is 9.74. The lowest BCUT2D eigenvalue weighted by Gasteiger charge is -2.38. The minimum absolute atomic E-state index is 0.0274. The molecule has 1 N–H and O–H groups in total. The van der Waals surface area contributed by atoms with Gasteiger partial charge in [-0.3, -0.25) is 24.6 Å². The summed E-state index contributed by atoms with van der Waals surface area (Å²) in [6, 6.07) is 12.2. The number of ether oxygens (including phenoxy) is 1. The molecule has 0 radical (unpaired) electrons. The van der Waals surface area contributed by atoms with Gasteiger partial charge in [-0.1, -0.05) is 18.2 Å². The van der Waals surface area contributed by atoms with Gasteiger partial charge in [0.25, 0.3) is 5.91 Å². The molecule has 7 nitrogen and oxygen atoms in total. The normalized spacial score (nSPS) is 23.2. The summed E-state index contributed by atoms with van der Waals surface area (Å²) in [5.41, 5.74) is 4.08. The van der Waals surface area contributed by atoms with Crippen molar-refractivity contribution in [3.8, 4) is 5.75 Å². The molecule has 0 bridgehead atoms. The van der Waals surface area contributed by atoms with Gasteiger partial charge in [0.05, 0.1) is 13.2 Å². The number of piperidine rings is 2. The molecule has 1 aromatic heterocycles. The van der Waals surface area contributed by atoms with Crippen molar-refractivity contribution in [2.45, 2.75) is 50.2 Å². The van der Waals surface area contributed by atoms with E-state index >= 15 is 0 Å². The van der Waals surface area contributed by atoms with Crippen molar-refractivity contribution in [3.63, 3.8) is 0 Å². The summed E-state index contributed by atoms with van der Waals surface area (Å²) < 4.78 is 7.65. The zero-order valence-electron chi connectivity index (χ0n) is 19.9. The Hall–Kier alpha value is -3.23. The van der Waals surface area contributed by atoms with Crippen LogP contribution in [0.3, 0.4) is 0 Å². The van der Waals surface area contributed by atoms with Crippen molar-refractivity contribution in [2.24, 2.45) is 0 Å². The van der Waals surface area contributed by atoms with Crippen LogP contribution in [0.4, 0.5) is 0 Å². The molecule has 0 aliphatic carbocycles. The van der Waals surface area contributed by atoms with Crippen molar-refractivity contribution < 1.29 is 19.1 Å². The van der Waals surface area contributed by atoms with E-state index in [0.29, 0.717) is 25.1 Å². The van der Waals surface area contributed by atoms with Crippen LogP contribution < -0.4 is 10.1 Å². The van der Waals surface area contributed by atoms with Gasteiger partial charge in [-0.25, -0.2) is 0 Å². The lowest BCUT2D eigenvalue weighted by Crippen LogP contribution is -2.52. The Labute approximate surface area is 213 Å². The number of rotatable bonds is 3. The Kier molecular flexibility index (Phi) is 4.98. The molecular formula is C28H27N3O4S. The largest absolute Gasteiger partial charge is 0.492 e. The maximum absolute atomic E-state index is 13.2. The zero-order chi connectivity index (χ0) is 24.4. The van der Waals surface area contributed by atoms with Gasteiger partial charge in [0.2, 0.25) is 11.8 Å². The standard InChI is InChI=1S/C28H27N3O4S/c32-24-7-6-22(26(33)29-24)31-15-20-19(27(31)34)4-5-21-25(20)35-16-28(21)9-11-30(12-10-28)14-17-2-1-3-23-18(17)8-13-36-23/h1-5,8,13,22H,6-7,9-12,14-16H2,(H,29,32,33). The average molecular weight is 502 g/mol. The van der Waals surface area contributed by atoms with Crippen LogP contribution in [0.2, 0.25) is 0 Å². The first-order valence-electron chi connectivity index (χ1n) is 12.6. The Bertz CT molecular complexity index is 1420. The van der Waals surface area contributed by atoms with E-state index in [0.717, 1.165) is 43.8 Å². The van der Waals surface area contributed by atoms with Gasteiger partial charge in [0.15, 0.2) is 0 Å². The number of nitrogens with one attached hydrogen (secondary N) is 1. The Balaban J connectivity index is 1.10. The molecule has 5 heterocycles. The molecule has 2 aromatic carbocycles. The van der Waals surface area contributed by atoms with Gasteiger partial charge >= 0.3 is 0 Å². The minimum atomic E-state index is -0.607. The van der Waals surface area contributed by atoms with E-state index in [1.165, 1.54) is 21.2 Å². The second-order valence-corrected chi connectivity index (χ2v) is 11.4. The topological polar surface area (TPSA) is 79.0 Å². The van der Waals surface area contributed by atoms with E-state index in [-0.39, 0.29) is 29.6 Å². The van der Waals surface area contributed by atoms with Crippen molar-refractivity contribution in [2.75, 3.05) is 19.7 Å². The minimum Gasteiger partial charge on any atom is -0.492 e. The quantitative estimate of drug-likeness (QED) is 0.555. The number of amides is 3. The Morgan fingerprint density at radius 1 is 1.08 bits per heavy atom. The number of likely N-dealkylation sites (tertiary alicyclic amines) is 1. The molecule has 1 spiro atoms. The van der Waals surface area contributed by atoms with E-state index < -0.39 is 6.04 Å². The highest BCUT2D eigenvalue weighted by Crippen LogP contribution is 2.49. The summed E-state index contributed by atoms with van der Waals surface area (Å²) in [6.45, 7) is 3.96. The predicted octanol–water partition coefficient (Wildman–Crippen LogP) is 3.59. The highest BCUT2D eigenvalue weighted by Gasteiger charge is 2.47. The maximum atomic E-state index is 13.2. The first-order chi connectivity index (χ1) is 17.5. The number of nitrogens with zero attached hydrogens (tertiary/aromatic N) is 2. The molecule has 1 atom stereocenters. The SMILES string of the molecule is O=C1CCC(N2Cc3c(ccc4c3OCC43CCN(Cc4cccc5sccc45)CC3)C2=O)C(=O)N1. The van der Waals surface area contributed by atoms with E-state index in [9.17, 15) is 14.4 Å². The molecule has 2 saturated heterocycles. The third-order valence-electron chi connectivity index (χ3n) is 8.52. The first kappa shape index (κ1) is 22.0. The number of hydrogen-bond donors (Lipinski definition) is 1. The van der Waals surface area contributed by atoms with Gasteiger partial charge in [0.1, 0.15) is 11.8 Å². The fourth-order valence-corrected chi connectivity index (χ4v) is 7.31. The van der Waals surface area contributed by atoms with Crippen LogP contribution >= 0.6 is 11.3 Å². The molecule has 184 valence electrons. The van der Waals surface area contributed by atoms with Crippen LogP contribution in [-0.2, 0) is 28.1 Å². The van der Waals surface area contributed by atoms with E-state index in [1.807, 2.05) is 6.07 Å². The summed E-state index contributed by atoms with van der Waals surface area (Å²) in [6.07, 6.45) is 2.66. The molecule has 1 unspecified atom stereocenters. The summed E-state index contributed by atoms with van der Waals surface area (Å²) >= 11 is 1.79. The molecule has 3 amide bonds.